The summed E-state index contributed by atoms with van der Waals surface area (Å²) in [5.74, 6) is 1.14. The number of hydrogen-bond acceptors (Lipinski definition) is 4. The quantitative estimate of drug-likeness (QED) is 0.828. The van der Waals surface area contributed by atoms with Crippen LogP contribution in [0.2, 0.25) is 0 Å². The number of esters is 1. The van der Waals surface area contributed by atoms with E-state index in [1.165, 1.54) is 12.7 Å². The lowest BCUT2D eigenvalue weighted by molar-refractivity contribution is -0.143. The van der Waals surface area contributed by atoms with Crippen molar-refractivity contribution in [1.82, 2.24) is 5.32 Å². The van der Waals surface area contributed by atoms with Crippen LogP contribution in [0.15, 0.2) is 24.3 Å². The normalized spacial score (nSPS) is 23.4. The molecule has 2 atom stereocenters. The van der Waals surface area contributed by atoms with Crippen molar-refractivity contribution in [3.05, 3.63) is 29.8 Å². The second kappa shape index (κ2) is 5.87. The number of rotatable bonds is 3. The molecule has 1 aromatic rings. The molecule has 4 nitrogen and oxygen atoms in total. The van der Waals surface area contributed by atoms with E-state index in [1.54, 1.807) is 7.11 Å². The summed E-state index contributed by atoms with van der Waals surface area (Å²) >= 11 is 0. The third kappa shape index (κ3) is 2.64. The lowest BCUT2D eigenvalue weighted by Crippen LogP contribution is -2.43. The summed E-state index contributed by atoms with van der Waals surface area (Å²) in [5, 5.41) is 3.24. The molecule has 0 saturated carbocycles. The maximum atomic E-state index is 11.4. The lowest BCUT2D eigenvalue weighted by Gasteiger charge is -2.29. The van der Waals surface area contributed by atoms with Crippen molar-refractivity contribution in [2.24, 2.45) is 0 Å². The summed E-state index contributed by atoms with van der Waals surface area (Å²) in [4.78, 5) is 11.4. The highest BCUT2D eigenvalue weighted by Gasteiger charge is 2.28. The van der Waals surface area contributed by atoms with Gasteiger partial charge >= 0.3 is 5.97 Å². The fraction of sp³-hybridized carbons (Fsp3) is 0.500. The number of carbonyl (C=O) groups is 1. The van der Waals surface area contributed by atoms with Gasteiger partial charge in [0.05, 0.1) is 14.2 Å². The fourth-order valence-electron chi connectivity index (χ4n) is 2.47. The van der Waals surface area contributed by atoms with Gasteiger partial charge in [-0.25, -0.2) is 0 Å². The first-order valence-electron chi connectivity index (χ1n) is 6.20. The minimum atomic E-state index is -0.173. The van der Waals surface area contributed by atoms with Crippen molar-refractivity contribution in [3.8, 4) is 5.75 Å². The number of para-hydroxylation sites is 1. The molecule has 1 fully saturated rings. The smallest absolute Gasteiger partial charge is 0.322 e. The minimum Gasteiger partial charge on any atom is -0.496 e. The van der Waals surface area contributed by atoms with Crippen LogP contribution in [0.4, 0.5) is 0 Å². The number of nitrogens with one attached hydrogen (secondary N) is 1. The summed E-state index contributed by atoms with van der Waals surface area (Å²) < 4.78 is 10.1. The van der Waals surface area contributed by atoms with Gasteiger partial charge in [0.25, 0.3) is 0 Å². The van der Waals surface area contributed by atoms with Crippen molar-refractivity contribution < 1.29 is 14.3 Å². The molecule has 1 aromatic carbocycles. The third-order valence-corrected chi connectivity index (χ3v) is 3.48. The number of piperidine rings is 1. The molecule has 1 saturated heterocycles. The molecule has 0 amide bonds. The molecule has 4 heteroatoms. The second-order valence-electron chi connectivity index (χ2n) is 4.50. The molecule has 18 heavy (non-hydrogen) atoms. The summed E-state index contributed by atoms with van der Waals surface area (Å²) in [6.07, 6.45) is 1.77. The molecule has 98 valence electrons. The number of carbonyl (C=O) groups excluding carboxylic acids is 1. The third-order valence-electron chi connectivity index (χ3n) is 3.48. The predicted molar refractivity (Wildman–Crippen MR) is 68.8 cm³/mol. The van der Waals surface area contributed by atoms with Gasteiger partial charge in [-0.3, -0.25) is 4.79 Å². The van der Waals surface area contributed by atoms with Gasteiger partial charge in [0.15, 0.2) is 0 Å². The molecule has 0 aliphatic carbocycles. The van der Waals surface area contributed by atoms with Crippen molar-refractivity contribution >= 4 is 5.97 Å². The van der Waals surface area contributed by atoms with E-state index in [2.05, 4.69) is 11.4 Å². The molecule has 0 bridgehead atoms. The van der Waals surface area contributed by atoms with Crippen LogP contribution in [-0.2, 0) is 9.53 Å². The van der Waals surface area contributed by atoms with Crippen molar-refractivity contribution in [2.45, 2.75) is 24.8 Å². The Morgan fingerprint density at radius 2 is 2.06 bits per heavy atom. The second-order valence-corrected chi connectivity index (χ2v) is 4.50. The molecule has 0 radical (unpaired) electrons. The first-order valence-corrected chi connectivity index (χ1v) is 6.20. The first kappa shape index (κ1) is 12.9. The average molecular weight is 249 g/mol. The summed E-state index contributed by atoms with van der Waals surface area (Å²) in [6.45, 7) is 0.778. The highest BCUT2D eigenvalue weighted by atomic mass is 16.5. The molecule has 0 unspecified atom stereocenters. The SMILES string of the molecule is COC(=O)[C@H]1CC[C@H](c2ccccc2OC)CN1. The van der Waals surface area contributed by atoms with E-state index >= 15 is 0 Å². The van der Waals surface area contributed by atoms with E-state index in [1.807, 2.05) is 18.2 Å². The van der Waals surface area contributed by atoms with Gasteiger partial charge in [-0.15, -0.1) is 0 Å². The van der Waals surface area contributed by atoms with Crippen molar-refractivity contribution in [3.63, 3.8) is 0 Å². The Bertz CT molecular complexity index is 411. The van der Waals surface area contributed by atoms with E-state index < -0.39 is 0 Å². The van der Waals surface area contributed by atoms with Crippen molar-refractivity contribution in [2.75, 3.05) is 20.8 Å². The lowest BCUT2D eigenvalue weighted by atomic mass is 9.88. The van der Waals surface area contributed by atoms with Crippen LogP contribution in [-0.4, -0.2) is 32.8 Å². The minimum absolute atomic E-state index is 0.166. The standard InChI is InChI=1S/C14H19NO3/c1-17-13-6-4-3-5-11(13)10-7-8-12(15-9-10)14(16)18-2/h3-6,10,12,15H,7-9H2,1-2H3/t10-,12+/m0/s1. The summed E-state index contributed by atoms with van der Waals surface area (Å²) in [6, 6.07) is 7.88. The number of ether oxygens (including phenoxy) is 2. The summed E-state index contributed by atoms with van der Waals surface area (Å²) in [7, 11) is 3.11. The molecule has 1 heterocycles. The fourth-order valence-corrected chi connectivity index (χ4v) is 2.47. The highest BCUT2D eigenvalue weighted by molar-refractivity contribution is 5.75. The maximum Gasteiger partial charge on any atom is 0.322 e. The Morgan fingerprint density at radius 1 is 1.28 bits per heavy atom. The molecule has 2 rings (SSSR count). The molecule has 0 aromatic heterocycles. The van der Waals surface area contributed by atoms with Crippen molar-refractivity contribution in [1.29, 1.82) is 0 Å². The molecule has 1 aliphatic rings. The zero-order valence-corrected chi connectivity index (χ0v) is 10.8. The van der Waals surface area contributed by atoms with E-state index in [-0.39, 0.29) is 12.0 Å². The topological polar surface area (TPSA) is 47.6 Å². The van der Waals surface area contributed by atoms with Crippen LogP contribution in [0.25, 0.3) is 0 Å². The Kier molecular flexibility index (Phi) is 4.20. The molecule has 1 N–H and O–H groups in total. The van der Waals surface area contributed by atoms with Crippen LogP contribution >= 0.6 is 0 Å². The summed E-state index contributed by atoms with van der Waals surface area (Å²) in [5.41, 5.74) is 1.20. The van der Waals surface area contributed by atoms with Gasteiger partial charge in [0, 0.05) is 12.5 Å². The van der Waals surface area contributed by atoms with Gasteiger partial charge in [-0.1, -0.05) is 18.2 Å². The Labute approximate surface area is 107 Å². The Hall–Kier alpha value is -1.55. The average Bonchev–Trinajstić information content (AvgIpc) is 2.46. The number of benzene rings is 1. The van der Waals surface area contributed by atoms with E-state index in [0.717, 1.165) is 25.1 Å². The largest absolute Gasteiger partial charge is 0.496 e. The zero-order valence-electron chi connectivity index (χ0n) is 10.8. The predicted octanol–water partition coefficient (Wildman–Crippen LogP) is 1.70. The zero-order chi connectivity index (χ0) is 13.0. The van der Waals surface area contributed by atoms with Crippen LogP contribution in [0.5, 0.6) is 5.75 Å². The maximum absolute atomic E-state index is 11.4. The van der Waals surface area contributed by atoms with Gasteiger partial charge in [0.1, 0.15) is 11.8 Å². The van der Waals surface area contributed by atoms with Crippen LogP contribution in [0, 0.1) is 0 Å². The van der Waals surface area contributed by atoms with Gasteiger partial charge in [0.2, 0.25) is 0 Å². The molecule has 1 aliphatic heterocycles. The van der Waals surface area contributed by atoms with Gasteiger partial charge < -0.3 is 14.8 Å². The number of hydrogen-bond donors (Lipinski definition) is 1. The van der Waals surface area contributed by atoms with E-state index in [0.29, 0.717) is 5.92 Å². The van der Waals surface area contributed by atoms with E-state index in [9.17, 15) is 4.79 Å². The highest BCUT2D eigenvalue weighted by Crippen LogP contribution is 2.31. The van der Waals surface area contributed by atoms with Gasteiger partial charge in [-0.05, 0) is 24.5 Å². The molecule has 0 spiro atoms. The Balaban J connectivity index is 2.03. The monoisotopic (exact) mass is 249 g/mol. The molecular formula is C14H19NO3. The Morgan fingerprint density at radius 3 is 2.67 bits per heavy atom. The van der Waals surface area contributed by atoms with Crippen LogP contribution < -0.4 is 10.1 Å². The first-order chi connectivity index (χ1) is 8.76. The van der Waals surface area contributed by atoms with Crippen LogP contribution in [0.3, 0.4) is 0 Å². The molecular weight excluding hydrogens is 230 g/mol. The van der Waals surface area contributed by atoms with Crippen LogP contribution in [0.1, 0.15) is 24.3 Å². The van der Waals surface area contributed by atoms with E-state index in [4.69, 9.17) is 9.47 Å². The number of methoxy groups -OCH3 is 2. The van der Waals surface area contributed by atoms with Gasteiger partial charge in [-0.2, -0.15) is 0 Å².